The Morgan fingerprint density at radius 2 is 2.10 bits per heavy atom. The number of carbonyl (C=O) groups excluding carboxylic acids is 1. The van der Waals surface area contributed by atoms with Gasteiger partial charge in [-0.2, -0.15) is 13.2 Å². The van der Waals surface area contributed by atoms with Gasteiger partial charge >= 0.3 is 6.18 Å². The first-order valence-corrected chi connectivity index (χ1v) is 8.94. The molecule has 152 valence electrons. The zero-order valence-corrected chi connectivity index (χ0v) is 16.7. The highest BCUT2D eigenvalue weighted by molar-refractivity contribution is 9.10. The van der Waals surface area contributed by atoms with Crippen LogP contribution in [0, 0.1) is 0 Å². The van der Waals surface area contributed by atoms with Gasteiger partial charge < -0.3 is 14.6 Å². The van der Waals surface area contributed by atoms with Gasteiger partial charge in [-0.1, -0.05) is 6.07 Å². The van der Waals surface area contributed by atoms with Crippen LogP contribution in [-0.2, 0) is 0 Å². The average molecular weight is 471 g/mol. The Labute approximate surface area is 171 Å². The molecule has 0 radical (unpaired) electrons. The molecule has 0 aromatic carbocycles. The third-order valence-electron chi connectivity index (χ3n) is 3.94. The Morgan fingerprint density at radius 3 is 2.79 bits per heavy atom. The number of nitrogens with zero attached hydrogens (tertiary/aromatic N) is 5. The van der Waals surface area contributed by atoms with Gasteiger partial charge in [0.1, 0.15) is 29.4 Å². The molecule has 1 atom stereocenters. The lowest BCUT2D eigenvalue weighted by atomic mass is 10.2. The minimum absolute atomic E-state index is 0.0763. The van der Waals surface area contributed by atoms with Crippen LogP contribution in [0.3, 0.4) is 0 Å². The number of amides is 1. The number of hydrogen-bond donors (Lipinski definition) is 1. The average Bonchev–Trinajstić information content (AvgIpc) is 3.16. The van der Waals surface area contributed by atoms with E-state index in [0.717, 1.165) is 17.8 Å². The lowest BCUT2D eigenvalue weighted by molar-refractivity contribution is -0.162. The van der Waals surface area contributed by atoms with Crippen LogP contribution < -0.4 is 10.1 Å². The van der Waals surface area contributed by atoms with E-state index >= 15 is 0 Å². The minimum Gasteiger partial charge on any atom is -0.480 e. The first-order chi connectivity index (χ1) is 13.7. The van der Waals surface area contributed by atoms with E-state index in [4.69, 9.17) is 4.74 Å². The zero-order valence-electron chi connectivity index (χ0n) is 15.1. The lowest BCUT2D eigenvalue weighted by Gasteiger charge is -2.18. The van der Waals surface area contributed by atoms with Gasteiger partial charge in [-0.3, -0.25) is 4.79 Å². The van der Waals surface area contributed by atoms with Crippen molar-refractivity contribution in [3.05, 3.63) is 46.8 Å². The van der Waals surface area contributed by atoms with Gasteiger partial charge in [0, 0.05) is 10.7 Å². The molecule has 12 heteroatoms. The molecule has 1 amide bonds. The van der Waals surface area contributed by atoms with Crippen LogP contribution in [0.1, 0.15) is 23.3 Å². The van der Waals surface area contributed by atoms with Crippen molar-refractivity contribution >= 4 is 27.7 Å². The lowest BCUT2D eigenvalue weighted by Crippen LogP contribution is -2.24. The fourth-order valence-electron chi connectivity index (χ4n) is 2.43. The van der Waals surface area contributed by atoms with Gasteiger partial charge in [0.15, 0.2) is 5.82 Å². The Balaban J connectivity index is 1.90. The normalized spacial score (nSPS) is 12.5. The number of rotatable bonds is 5. The predicted molar refractivity (Wildman–Crippen MR) is 100 cm³/mol. The molecule has 3 rings (SSSR count). The van der Waals surface area contributed by atoms with E-state index in [1.807, 2.05) is 0 Å². The summed E-state index contributed by atoms with van der Waals surface area (Å²) in [6.07, 6.45) is -2.02. The minimum atomic E-state index is -4.48. The molecule has 3 heterocycles. The van der Waals surface area contributed by atoms with Gasteiger partial charge in [0.2, 0.25) is 5.88 Å². The summed E-state index contributed by atoms with van der Waals surface area (Å²) in [5, 5.41) is 9.87. The summed E-state index contributed by atoms with van der Waals surface area (Å²) in [6, 6.07) is 4.18. The molecule has 0 bridgehead atoms. The topological polar surface area (TPSA) is 94.8 Å². The van der Waals surface area contributed by atoms with Crippen molar-refractivity contribution in [2.75, 3.05) is 12.4 Å². The van der Waals surface area contributed by atoms with E-state index in [1.54, 1.807) is 0 Å². The molecule has 0 aliphatic carbocycles. The van der Waals surface area contributed by atoms with Crippen LogP contribution >= 0.6 is 15.9 Å². The number of anilines is 1. The Kier molecular flexibility index (Phi) is 5.82. The largest absolute Gasteiger partial charge is 0.480 e. The number of methoxy groups -OCH3 is 1. The molecule has 0 saturated heterocycles. The summed E-state index contributed by atoms with van der Waals surface area (Å²) in [5.74, 6) is -0.401. The molecule has 3 aromatic rings. The second-order valence-electron chi connectivity index (χ2n) is 5.85. The van der Waals surface area contributed by atoms with Crippen LogP contribution in [0.4, 0.5) is 19.0 Å². The Morgan fingerprint density at radius 1 is 1.34 bits per heavy atom. The van der Waals surface area contributed by atoms with E-state index < -0.39 is 18.1 Å². The van der Waals surface area contributed by atoms with Crippen LogP contribution in [0.25, 0.3) is 11.5 Å². The quantitative estimate of drug-likeness (QED) is 0.607. The first-order valence-electron chi connectivity index (χ1n) is 8.15. The van der Waals surface area contributed by atoms with Crippen molar-refractivity contribution in [2.45, 2.75) is 19.1 Å². The summed E-state index contributed by atoms with van der Waals surface area (Å²) < 4.78 is 45.7. The van der Waals surface area contributed by atoms with E-state index in [1.165, 1.54) is 37.6 Å². The van der Waals surface area contributed by atoms with Crippen molar-refractivity contribution in [2.24, 2.45) is 0 Å². The molecule has 0 aliphatic rings. The third-order valence-corrected chi connectivity index (χ3v) is 4.37. The highest BCUT2D eigenvalue weighted by Gasteiger charge is 2.38. The van der Waals surface area contributed by atoms with Crippen molar-refractivity contribution < 1.29 is 22.7 Å². The molecule has 3 aromatic heterocycles. The monoisotopic (exact) mass is 470 g/mol. The van der Waals surface area contributed by atoms with Crippen molar-refractivity contribution in [1.82, 2.24) is 24.7 Å². The van der Waals surface area contributed by atoms with Gasteiger partial charge in [0.25, 0.3) is 5.91 Å². The molecule has 8 nitrogen and oxygen atoms in total. The summed E-state index contributed by atoms with van der Waals surface area (Å²) in [5.41, 5.74) is 0.277. The van der Waals surface area contributed by atoms with Crippen LogP contribution in [-0.4, -0.2) is 43.9 Å². The number of ether oxygens (including phenoxy) is 1. The predicted octanol–water partition coefficient (Wildman–Crippen LogP) is 3.88. The standard InChI is InChI=1S/C17H14BrF3N6O2/c1-9(17(19,20)21)27-8-23-26-14(27)12-4-3-5-13(24-12)25-15(28)11-6-10(18)7-22-16(11)29-2/h3-9H,1-2H3,(H,24,25,28). The third kappa shape index (κ3) is 4.53. The van der Waals surface area contributed by atoms with E-state index in [0.29, 0.717) is 4.47 Å². The molecule has 0 saturated carbocycles. The molecule has 29 heavy (non-hydrogen) atoms. The summed E-state index contributed by atoms with van der Waals surface area (Å²) in [4.78, 5) is 20.8. The van der Waals surface area contributed by atoms with E-state index in [9.17, 15) is 18.0 Å². The summed E-state index contributed by atoms with van der Waals surface area (Å²) in [7, 11) is 1.38. The fraction of sp³-hybridized carbons (Fsp3) is 0.235. The number of hydrogen-bond acceptors (Lipinski definition) is 6. The van der Waals surface area contributed by atoms with E-state index in [2.05, 4.69) is 41.4 Å². The molecular weight excluding hydrogens is 457 g/mol. The Hall–Kier alpha value is -3.02. The number of pyridine rings is 2. The molecule has 0 aliphatic heterocycles. The van der Waals surface area contributed by atoms with Crippen LogP contribution in [0.2, 0.25) is 0 Å². The SMILES string of the molecule is COc1ncc(Br)cc1C(=O)Nc1cccc(-c2nncn2C(C)C(F)(F)F)n1. The number of halogens is 4. The fourth-order valence-corrected chi connectivity index (χ4v) is 2.76. The maximum absolute atomic E-state index is 13.1. The maximum Gasteiger partial charge on any atom is 0.408 e. The number of aromatic nitrogens is 5. The molecule has 0 spiro atoms. The van der Waals surface area contributed by atoms with Crippen molar-refractivity contribution in [3.8, 4) is 17.4 Å². The maximum atomic E-state index is 13.1. The van der Waals surface area contributed by atoms with E-state index in [-0.39, 0.29) is 28.8 Å². The van der Waals surface area contributed by atoms with Gasteiger partial charge in [-0.05, 0) is 41.1 Å². The zero-order chi connectivity index (χ0) is 21.2. The summed E-state index contributed by atoms with van der Waals surface area (Å²) in [6.45, 7) is 0.991. The molecular formula is C17H14BrF3N6O2. The Bertz CT molecular complexity index is 1040. The molecule has 1 N–H and O–H groups in total. The molecule has 0 fully saturated rings. The highest BCUT2D eigenvalue weighted by Crippen LogP contribution is 2.32. The van der Waals surface area contributed by atoms with Crippen molar-refractivity contribution in [3.63, 3.8) is 0 Å². The number of carbonyl (C=O) groups is 1. The van der Waals surface area contributed by atoms with Gasteiger partial charge in [0.05, 0.1) is 7.11 Å². The number of nitrogens with one attached hydrogen (secondary N) is 1. The number of alkyl halides is 3. The van der Waals surface area contributed by atoms with Gasteiger partial charge in [-0.25, -0.2) is 9.97 Å². The van der Waals surface area contributed by atoms with Crippen molar-refractivity contribution in [1.29, 1.82) is 0 Å². The second-order valence-corrected chi connectivity index (χ2v) is 6.77. The van der Waals surface area contributed by atoms with Crippen LogP contribution in [0.5, 0.6) is 5.88 Å². The second kappa shape index (κ2) is 8.15. The van der Waals surface area contributed by atoms with Crippen LogP contribution in [0.15, 0.2) is 41.3 Å². The summed E-state index contributed by atoms with van der Waals surface area (Å²) >= 11 is 3.23. The highest BCUT2D eigenvalue weighted by atomic mass is 79.9. The smallest absolute Gasteiger partial charge is 0.408 e. The first kappa shape index (κ1) is 20.7. The van der Waals surface area contributed by atoms with Gasteiger partial charge in [-0.15, -0.1) is 10.2 Å². The molecule has 1 unspecified atom stereocenters.